The topological polar surface area (TPSA) is 66.0 Å². The Kier molecular flexibility index (Phi) is 5.40. The fourth-order valence-corrected chi connectivity index (χ4v) is 1.30. The van der Waals surface area contributed by atoms with Gasteiger partial charge in [0.1, 0.15) is 0 Å². The van der Waals surface area contributed by atoms with Crippen LogP contribution in [-0.2, 0) is 0 Å². The number of hydrogen-bond acceptors (Lipinski definition) is 4. The van der Waals surface area contributed by atoms with Gasteiger partial charge in [-0.05, 0) is 25.5 Å². The summed E-state index contributed by atoms with van der Waals surface area (Å²) in [5.74, 6) is 1.19. The van der Waals surface area contributed by atoms with Crippen molar-refractivity contribution in [3.63, 3.8) is 0 Å². The molecule has 0 aliphatic carbocycles. The van der Waals surface area contributed by atoms with Crippen LogP contribution in [0.25, 0.3) is 0 Å². The molecule has 0 spiro atoms. The van der Waals surface area contributed by atoms with Gasteiger partial charge in [-0.25, -0.2) is 0 Å². The minimum atomic E-state index is 0.472. The van der Waals surface area contributed by atoms with Crippen LogP contribution >= 0.6 is 0 Å². The van der Waals surface area contributed by atoms with Gasteiger partial charge < -0.3 is 9.47 Å². The molecule has 0 saturated heterocycles. The van der Waals surface area contributed by atoms with Gasteiger partial charge in [0.15, 0.2) is 11.5 Å². The fourth-order valence-electron chi connectivity index (χ4n) is 1.30. The fraction of sp³-hybridized carbons (Fsp3) is 0.385. The lowest BCUT2D eigenvalue weighted by Crippen LogP contribution is -2.01. The predicted octanol–water partition coefficient (Wildman–Crippen LogP) is 2.64. The summed E-state index contributed by atoms with van der Waals surface area (Å²) >= 11 is 0. The molecule has 0 radical (unpaired) electrons. The van der Waals surface area contributed by atoms with E-state index in [0.29, 0.717) is 43.1 Å². The summed E-state index contributed by atoms with van der Waals surface area (Å²) < 4.78 is 10.9. The summed E-state index contributed by atoms with van der Waals surface area (Å²) in [5.41, 5.74) is 0.540. The van der Waals surface area contributed by atoms with Crippen LogP contribution in [-0.4, -0.2) is 13.2 Å². The average Bonchev–Trinajstić information content (AvgIpc) is 2.36. The average molecular weight is 230 g/mol. The molecule has 0 unspecified atom stereocenters. The van der Waals surface area contributed by atoms with Crippen LogP contribution in [0.4, 0.5) is 0 Å². The summed E-state index contributed by atoms with van der Waals surface area (Å²) in [4.78, 5) is 0. The molecule has 1 rings (SSSR count). The van der Waals surface area contributed by atoms with Crippen LogP contribution < -0.4 is 9.47 Å². The third-order valence-electron chi connectivity index (χ3n) is 2.06. The summed E-state index contributed by atoms with van der Waals surface area (Å²) in [6.45, 7) is 2.86. The molecule has 4 nitrogen and oxygen atoms in total. The Labute approximate surface area is 101 Å². The summed E-state index contributed by atoms with van der Waals surface area (Å²) in [5, 5.41) is 17.2. The highest BCUT2D eigenvalue weighted by atomic mass is 16.5. The molecule has 1 aromatic rings. The maximum Gasteiger partial charge on any atom is 0.162 e. The van der Waals surface area contributed by atoms with E-state index in [2.05, 4.69) is 12.1 Å². The molecule has 0 aromatic heterocycles. The van der Waals surface area contributed by atoms with Gasteiger partial charge in [-0.2, -0.15) is 10.5 Å². The third-order valence-corrected chi connectivity index (χ3v) is 2.06. The van der Waals surface area contributed by atoms with E-state index in [9.17, 15) is 0 Å². The molecule has 0 bridgehead atoms. The highest BCUT2D eigenvalue weighted by Gasteiger charge is 2.06. The van der Waals surface area contributed by atoms with E-state index < -0.39 is 0 Å². The molecule has 0 heterocycles. The van der Waals surface area contributed by atoms with Crippen molar-refractivity contribution in [2.24, 2.45) is 0 Å². The van der Waals surface area contributed by atoms with Gasteiger partial charge in [-0.1, -0.05) is 0 Å². The van der Waals surface area contributed by atoms with Gasteiger partial charge in [0, 0.05) is 12.5 Å². The van der Waals surface area contributed by atoms with Crippen molar-refractivity contribution in [1.29, 1.82) is 10.5 Å². The first-order valence-electron chi connectivity index (χ1n) is 5.48. The van der Waals surface area contributed by atoms with Gasteiger partial charge in [0.25, 0.3) is 0 Å². The molecule has 0 fully saturated rings. The maximum absolute atomic E-state index is 8.78. The maximum atomic E-state index is 8.78. The Morgan fingerprint density at radius 2 is 2.00 bits per heavy atom. The molecular weight excluding hydrogens is 216 g/mol. The van der Waals surface area contributed by atoms with E-state index >= 15 is 0 Å². The second-order valence-corrected chi connectivity index (χ2v) is 3.32. The Balaban J connectivity index is 2.70. The lowest BCUT2D eigenvalue weighted by Gasteiger charge is -2.11. The smallest absolute Gasteiger partial charge is 0.162 e. The Morgan fingerprint density at radius 3 is 2.65 bits per heavy atom. The van der Waals surface area contributed by atoms with Gasteiger partial charge in [0.2, 0.25) is 0 Å². The first-order chi connectivity index (χ1) is 8.31. The Bertz CT molecular complexity index is 444. The van der Waals surface area contributed by atoms with E-state index in [4.69, 9.17) is 20.0 Å². The van der Waals surface area contributed by atoms with Crippen molar-refractivity contribution >= 4 is 0 Å². The molecule has 0 atom stereocenters. The summed E-state index contributed by atoms with van der Waals surface area (Å²) in [6.07, 6.45) is 1.16. The van der Waals surface area contributed by atoms with E-state index in [1.54, 1.807) is 18.2 Å². The second kappa shape index (κ2) is 7.14. The van der Waals surface area contributed by atoms with Crippen LogP contribution in [0.1, 0.15) is 25.3 Å². The molecule has 0 N–H and O–H groups in total. The van der Waals surface area contributed by atoms with Gasteiger partial charge >= 0.3 is 0 Å². The Hall–Kier alpha value is -2.20. The minimum Gasteiger partial charge on any atom is -0.490 e. The zero-order chi connectivity index (χ0) is 12.5. The third kappa shape index (κ3) is 4.04. The van der Waals surface area contributed by atoms with Gasteiger partial charge in [-0.15, -0.1) is 0 Å². The molecule has 88 valence electrons. The van der Waals surface area contributed by atoms with Crippen LogP contribution in [0.3, 0.4) is 0 Å². The molecule has 0 amide bonds. The first-order valence-corrected chi connectivity index (χ1v) is 5.48. The standard InChI is InChI=1S/C13H14N2O2/c1-2-16-13-9-11(10-15)5-6-12(13)17-8-4-3-7-14/h5-6,9H,2-4,8H2,1H3. The highest BCUT2D eigenvalue weighted by molar-refractivity contribution is 5.46. The quantitative estimate of drug-likeness (QED) is 0.704. The van der Waals surface area contributed by atoms with Crippen LogP contribution in [0.15, 0.2) is 18.2 Å². The number of hydrogen-bond donors (Lipinski definition) is 0. The van der Waals surface area contributed by atoms with Crippen molar-refractivity contribution in [2.45, 2.75) is 19.8 Å². The van der Waals surface area contributed by atoms with Gasteiger partial charge in [0.05, 0.1) is 30.9 Å². The number of benzene rings is 1. The highest BCUT2D eigenvalue weighted by Crippen LogP contribution is 2.28. The predicted molar refractivity (Wildman–Crippen MR) is 62.7 cm³/mol. The number of nitrogens with zero attached hydrogens (tertiary/aromatic N) is 2. The van der Waals surface area contributed by atoms with Crippen molar-refractivity contribution in [3.05, 3.63) is 23.8 Å². The zero-order valence-corrected chi connectivity index (χ0v) is 9.77. The monoisotopic (exact) mass is 230 g/mol. The van der Waals surface area contributed by atoms with Crippen molar-refractivity contribution in [1.82, 2.24) is 0 Å². The van der Waals surface area contributed by atoms with Crippen molar-refractivity contribution < 1.29 is 9.47 Å². The van der Waals surface area contributed by atoms with Crippen molar-refractivity contribution in [2.75, 3.05) is 13.2 Å². The number of ether oxygens (including phenoxy) is 2. The van der Waals surface area contributed by atoms with Crippen LogP contribution in [0.2, 0.25) is 0 Å². The first kappa shape index (κ1) is 12.9. The molecular formula is C13H14N2O2. The molecule has 4 heteroatoms. The summed E-state index contributed by atoms with van der Waals surface area (Å²) in [6, 6.07) is 9.17. The molecule has 0 aliphatic heterocycles. The summed E-state index contributed by atoms with van der Waals surface area (Å²) in [7, 11) is 0. The number of nitriles is 2. The van der Waals surface area contributed by atoms with E-state index in [1.807, 2.05) is 6.92 Å². The van der Waals surface area contributed by atoms with Crippen molar-refractivity contribution in [3.8, 4) is 23.6 Å². The molecule has 17 heavy (non-hydrogen) atoms. The van der Waals surface area contributed by atoms with E-state index in [-0.39, 0.29) is 0 Å². The van der Waals surface area contributed by atoms with E-state index in [1.165, 1.54) is 0 Å². The van der Waals surface area contributed by atoms with E-state index in [0.717, 1.165) is 0 Å². The second-order valence-electron chi connectivity index (χ2n) is 3.32. The zero-order valence-electron chi connectivity index (χ0n) is 9.77. The van der Waals surface area contributed by atoms with Gasteiger partial charge in [-0.3, -0.25) is 0 Å². The van der Waals surface area contributed by atoms with Crippen LogP contribution in [0.5, 0.6) is 11.5 Å². The molecule has 1 aromatic carbocycles. The molecule has 0 aliphatic rings. The molecule has 0 saturated carbocycles. The normalized spacial score (nSPS) is 9.12. The Morgan fingerprint density at radius 1 is 1.18 bits per heavy atom. The lowest BCUT2D eigenvalue weighted by molar-refractivity contribution is 0.274. The minimum absolute atomic E-state index is 0.472. The number of rotatable bonds is 6. The SMILES string of the molecule is CCOc1cc(C#N)ccc1OCCCC#N. The number of unbranched alkanes of at least 4 members (excludes halogenated alkanes) is 1. The largest absolute Gasteiger partial charge is 0.490 e. The lowest BCUT2D eigenvalue weighted by atomic mass is 10.2. The van der Waals surface area contributed by atoms with Crippen LogP contribution in [0, 0.1) is 22.7 Å².